The van der Waals surface area contributed by atoms with Gasteiger partial charge in [0.15, 0.2) is 0 Å². The van der Waals surface area contributed by atoms with Crippen LogP contribution in [0.3, 0.4) is 0 Å². The number of hydrogen-bond donors (Lipinski definition) is 0. The van der Waals surface area contributed by atoms with Crippen LogP contribution in [-0.2, 0) is 9.47 Å². The number of hydrogen-bond acceptors (Lipinski definition) is 8. The van der Waals surface area contributed by atoms with Crippen molar-refractivity contribution in [1.29, 1.82) is 5.26 Å². The molecule has 0 unspecified atom stereocenters. The number of rotatable bonds is 7. The number of esters is 1. The van der Waals surface area contributed by atoms with Crippen molar-refractivity contribution in [3.05, 3.63) is 63.7 Å². The lowest BCUT2D eigenvalue weighted by molar-refractivity contribution is -0.384. The fraction of sp³-hybridized carbons (Fsp3) is 0.300. The van der Waals surface area contributed by atoms with Crippen LogP contribution >= 0.6 is 0 Å². The molecule has 0 radical (unpaired) electrons. The summed E-state index contributed by atoms with van der Waals surface area (Å²) >= 11 is 0. The maximum absolute atomic E-state index is 12.6. The molecule has 0 amide bonds. The van der Waals surface area contributed by atoms with E-state index in [-0.39, 0.29) is 24.5 Å². The molecule has 0 bridgehead atoms. The second-order valence-electron chi connectivity index (χ2n) is 6.18. The van der Waals surface area contributed by atoms with Crippen molar-refractivity contribution in [1.82, 2.24) is 0 Å². The van der Waals surface area contributed by atoms with E-state index in [0.29, 0.717) is 43.3 Å². The number of nitriles is 1. The van der Waals surface area contributed by atoms with Crippen LogP contribution in [-0.4, -0.2) is 50.4 Å². The van der Waals surface area contributed by atoms with Crippen molar-refractivity contribution in [3.8, 4) is 11.8 Å². The summed E-state index contributed by atoms with van der Waals surface area (Å²) in [6.45, 7) is 2.29. The highest BCUT2D eigenvalue weighted by Gasteiger charge is 2.23. The minimum Gasteiger partial charge on any atom is -0.490 e. The predicted molar refractivity (Wildman–Crippen MR) is 103 cm³/mol. The van der Waals surface area contributed by atoms with Gasteiger partial charge in [0.05, 0.1) is 41.0 Å². The van der Waals surface area contributed by atoms with Crippen molar-refractivity contribution in [2.24, 2.45) is 0 Å². The van der Waals surface area contributed by atoms with Gasteiger partial charge in [-0.1, -0.05) is 0 Å². The summed E-state index contributed by atoms with van der Waals surface area (Å²) in [6.07, 6.45) is 0. The smallest absolute Gasteiger partial charge is 0.340 e. The minimum atomic E-state index is -0.654. The molecular formula is C20H19N3O6. The molecule has 1 aliphatic heterocycles. The van der Waals surface area contributed by atoms with E-state index in [9.17, 15) is 14.9 Å². The van der Waals surface area contributed by atoms with Crippen molar-refractivity contribution in [2.75, 3.05) is 44.4 Å². The van der Waals surface area contributed by atoms with Crippen LogP contribution in [0.25, 0.3) is 0 Å². The van der Waals surface area contributed by atoms with Gasteiger partial charge < -0.3 is 19.1 Å². The first-order valence-corrected chi connectivity index (χ1v) is 8.99. The molecule has 150 valence electrons. The number of morpholine rings is 1. The number of nitro benzene ring substituents is 1. The molecule has 1 fully saturated rings. The number of nitrogens with zero attached hydrogens (tertiary/aromatic N) is 3. The second kappa shape index (κ2) is 9.52. The largest absolute Gasteiger partial charge is 0.490 e. The van der Waals surface area contributed by atoms with Gasteiger partial charge >= 0.3 is 5.97 Å². The van der Waals surface area contributed by atoms with Crippen molar-refractivity contribution < 1.29 is 23.9 Å². The van der Waals surface area contributed by atoms with Gasteiger partial charge in [0, 0.05) is 25.2 Å². The van der Waals surface area contributed by atoms with E-state index >= 15 is 0 Å². The summed E-state index contributed by atoms with van der Waals surface area (Å²) in [5.41, 5.74) is 1.06. The Labute approximate surface area is 167 Å². The van der Waals surface area contributed by atoms with Gasteiger partial charge in [-0.25, -0.2) is 4.79 Å². The lowest BCUT2D eigenvalue weighted by Gasteiger charge is -2.30. The summed E-state index contributed by atoms with van der Waals surface area (Å²) < 4.78 is 16.1. The Morgan fingerprint density at radius 2 is 1.90 bits per heavy atom. The van der Waals surface area contributed by atoms with Gasteiger partial charge in [-0.05, 0) is 30.3 Å². The maximum Gasteiger partial charge on any atom is 0.340 e. The molecule has 29 heavy (non-hydrogen) atoms. The predicted octanol–water partition coefficient (Wildman–Crippen LogP) is 2.54. The fourth-order valence-corrected chi connectivity index (χ4v) is 2.88. The molecule has 3 rings (SSSR count). The number of non-ortho nitro benzene ring substituents is 1. The minimum absolute atomic E-state index is 0.0237. The van der Waals surface area contributed by atoms with Crippen LogP contribution in [0.4, 0.5) is 11.4 Å². The van der Waals surface area contributed by atoms with E-state index in [0.717, 1.165) is 0 Å². The third-order valence-electron chi connectivity index (χ3n) is 4.33. The molecule has 1 saturated heterocycles. The third-order valence-corrected chi connectivity index (χ3v) is 4.33. The number of carbonyl (C=O) groups excluding carboxylic acids is 1. The standard InChI is InChI=1S/C20H19N3O6/c21-14-15-1-4-17(5-2-15)28-11-12-29-20(24)18-13-16(23(25)26)3-6-19(18)22-7-9-27-10-8-22/h1-6,13H,7-12H2. The molecule has 0 aliphatic carbocycles. The van der Waals surface area contributed by atoms with E-state index < -0.39 is 10.9 Å². The average Bonchev–Trinajstić information content (AvgIpc) is 2.77. The molecule has 9 nitrogen and oxygen atoms in total. The zero-order valence-electron chi connectivity index (χ0n) is 15.6. The molecule has 0 aromatic heterocycles. The lowest BCUT2D eigenvalue weighted by Crippen LogP contribution is -2.37. The topological polar surface area (TPSA) is 115 Å². The van der Waals surface area contributed by atoms with Gasteiger partial charge in [0.25, 0.3) is 5.69 Å². The Balaban J connectivity index is 1.64. The SMILES string of the molecule is N#Cc1ccc(OCCOC(=O)c2cc([N+](=O)[O-])ccc2N2CCOCC2)cc1. The quantitative estimate of drug-likeness (QED) is 0.303. The van der Waals surface area contributed by atoms with Crippen molar-refractivity contribution in [3.63, 3.8) is 0 Å². The summed E-state index contributed by atoms with van der Waals surface area (Å²) in [5, 5.41) is 19.9. The molecular weight excluding hydrogens is 378 g/mol. The third kappa shape index (κ3) is 5.21. The van der Waals surface area contributed by atoms with E-state index in [2.05, 4.69) is 0 Å². The van der Waals surface area contributed by atoms with E-state index in [1.165, 1.54) is 12.1 Å². The van der Waals surface area contributed by atoms with Crippen LogP contribution in [0, 0.1) is 21.4 Å². The summed E-state index contributed by atoms with van der Waals surface area (Å²) in [7, 11) is 0. The number of nitro groups is 1. The van der Waals surface area contributed by atoms with Gasteiger partial charge in [0.2, 0.25) is 0 Å². The van der Waals surface area contributed by atoms with Crippen LogP contribution in [0.1, 0.15) is 15.9 Å². The summed E-state index contributed by atoms with van der Waals surface area (Å²) in [6, 6.07) is 12.7. The first-order chi connectivity index (χ1) is 14.1. The Morgan fingerprint density at radius 3 is 2.55 bits per heavy atom. The molecule has 9 heteroatoms. The highest BCUT2D eigenvalue weighted by atomic mass is 16.6. The number of carbonyl (C=O) groups is 1. The fourth-order valence-electron chi connectivity index (χ4n) is 2.88. The molecule has 0 saturated carbocycles. The zero-order chi connectivity index (χ0) is 20.6. The van der Waals surface area contributed by atoms with Crippen LogP contribution in [0.15, 0.2) is 42.5 Å². The Hall–Kier alpha value is -3.64. The highest BCUT2D eigenvalue weighted by Crippen LogP contribution is 2.27. The molecule has 1 aliphatic rings. The van der Waals surface area contributed by atoms with E-state index in [1.807, 2.05) is 11.0 Å². The summed E-state index contributed by atoms with van der Waals surface area (Å²) in [5.74, 6) is -0.108. The Bertz CT molecular complexity index is 917. The van der Waals surface area contributed by atoms with Gasteiger partial charge in [-0.15, -0.1) is 0 Å². The molecule has 1 heterocycles. The number of ether oxygens (including phenoxy) is 3. The molecule has 2 aromatic carbocycles. The maximum atomic E-state index is 12.6. The van der Waals surface area contributed by atoms with Gasteiger partial charge in [-0.3, -0.25) is 10.1 Å². The highest BCUT2D eigenvalue weighted by molar-refractivity contribution is 5.96. The molecule has 0 atom stereocenters. The Kier molecular flexibility index (Phi) is 6.60. The monoisotopic (exact) mass is 397 g/mol. The normalized spacial score (nSPS) is 13.4. The molecule has 2 aromatic rings. The van der Waals surface area contributed by atoms with E-state index in [4.69, 9.17) is 19.5 Å². The first kappa shape index (κ1) is 20.1. The van der Waals surface area contributed by atoms with Crippen molar-refractivity contribution >= 4 is 17.3 Å². The lowest BCUT2D eigenvalue weighted by atomic mass is 10.1. The average molecular weight is 397 g/mol. The van der Waals surface area contributed by atoms with Gasteiger partial charge in [0.1, 0.15) is 19.0 Å². The molecule has 0 N–H and O–H groups in total. The number of benzene rings is 2. The van der Waals surface area contributed by atoms with Crippen LogP contribution < -0.4 is 9.64 Å². The Morgan fingerprint density at radius 1 is 1.17 bits per heavy atom. The first-order valence-electron chi connectivity index (χ1n) is 8.99. The number of anilines is 1. The van der Waals surface area contributed by atoms with E-state index in [1.54, 1.807) is 30.3 Å². The van der Waals surface area contributed by atoms with Crippen molar-refractivity contribution in [2.45, 2.75) is 0 Å². The molecule has 0 spiro atoms. The van der Waals surface area contributed by atoms with Crippen LogP contribution in [0.5, 0.6) is 5.75 Å². The van der Waals surface area contributed by atoms with Gasteiger partial charge in [-0.2, -0.15) is 5.26 Å². The second-order valence-corrected chi connectivity index (χ2v) is 6.18. The summed E-state index contributed by atoms with van der Waals surface area (Å²) in [4.78, 5) is 25.1. The zero-order valence-corrected chi connectivity index (χ0v) is 15.6. The van der Waals surface area contributed by atoms with Crippen LogP contribution in [0.2, 0.25) is 0 Å².